The number of fused-ring (bicyclic) bond motifs is 1. The van der Waals surface area contributed by atoms with Crippen molar-refractivity contribution in [3.8, 4) is 17.2 Å². The highest BCUT2D eigenvalue weighted by Crippen LogP contribution is 2.27. The first-order valence-electron chi connectivity index (χ1n) is 13.1. The fourth-order valence-corrected chi connectivity index (χ4v) is 5.66. The van der Waals surface area contributed by atoms with Crippen molar-refractivity contribution in [1.82, 2.24) is 9.29 Å². The molecule has 9 heteroatoms. The van der Waals surface area contributed by atoms with Crippen molar-refractivity contribution in [3.05, 3.63) is 119 Å². The van der Waals surface area contributed by atoms with Gasteiger partial charge in [0.05, 0.1) is 11.5 Å². The predicted octanol–water partition coefficient (Wildman–Crippen LogP) is 7.29. The van der Waals surface area contributed by atoms with Crippen LogP contribution < -0.4 is 14.2 Å². The average Bonchev–Trinajstić information content (AvgIpc) is 3.33. The predicted molar refractivity (Wildman–Crippen MR) is 161 cm³/mol. The highest BCUT2D eigenvalue weighted by molar-refractivity contribution is 7.90. The number of rotatable bonds is 10. The van der Waals surface area contributed by atoms with E-state index in [2.05, 4.69) is 4.72 Å². The number of hydrogen-bond donors (Lipinski definition) is 1. The number of benzene rings is 4. The number of amides is 1. The molecule has 0 aliphatic rings. The largest absolute Gasteiger partial charge is 0.494 e. The van der Waals surface area contributed by atoms with Gasteiger partial charge >= 0.3 is 0 Å². The maximum absolute atomic E-state index is 13.3. The minimum atomic E-state index is -4.13. The van der Waals surface area contributed by atoms with Gasteiger partial charge in [-0.3, -0.25) is 4.79 Å². The molecule has 7 nitrogen and oxygen atoms in total. The topological polar surface area (TPSA) is 86.6 Å². The summed E-state index contributed by atoms with van der Waals surface area (Å²) in [6.07, 6.45) is 0.593. The normalized spacial score (nSPS) is 11.4. The minimum absolute atomic E-state index is 0.0455. The first kappa shape index (κ1) is 28.3. The third kappa shape index (κ3) is 6.56. The van der Waals surface area contributed by atoms with Crippen molar-refractivity contribution in [2.45, 2.75) is 31.7 Å². The van der Waals surface area contributed by atoms with Gasteiger partial charge in [-0.1, -0.05) is 48.0 Å². The number of sulfonamides is 1. The Labute approximate surface area is 244 Å². The molecule has 0 aliphatic carbocycles. The molecule has 4 aromatic carbocycles. The maximum atomic E-state index is 13.3. The molecule has 0 fully saturated rings. The zero-order valence-electron chi connectivity index (χ0n) is 22.6. The van der Waals surface area contributed by atoms with Crippen molar-refractivity contribution in [1.29, 1.82) is 0 Å². The lowest BCUT2D eigenvalue weighted by molar-refractivity contribution is 0.0972. The van der Waals surface area contributed by atoms with Crippen molar-refractivity contribution in [3.63, 3.8) is 0 Å². The molecule has 0 atom stereocenters. The Balaban J connectivity index is 1.29. The number of nitrogens with one attached hydrogen (secondary N) is 1. The van der Waals surface area contributed by atoms with Crippen molar-refractivity contribution < 1.29 is 22.7 Å². The van der Waals surface area contributed by atoms with E-state index in [4.69, 9.17) is 21.1 Å². The van der Waals surface area contributed by atoms with Crippen LogP contribution in [0.15, 0.2) is 102 Å². The number of nitrogens with zero attached hydrogens (tertiary/aromatic N) is 1. The molecule has 0 radical (unpaired) electrons. The van der Waals surface area contributed by atoms with Gasteiger partial charge in [0.1, 0.15) is 22.9 Å². The van der Waals surface area contributed by atoms with Crippen LogP contribution in [0.1, 0.15) is 28.0 Å². The van der Waals surface area contributed by atoms with Gasteiger partial charge in [0.15, 0.2) is 0 Å². The zero-order valence-corrected chi connectivity index (χ0v) is 24.2. The van der Waals surface area contributed by atoms with Gasteiger partial charge in [0, 0.05) is 22.5 Å². The number of halogens is 1. The highest BCUT2D eigenvalue weighted by atomic mass is 35.5. The summed E-state index contributed by atoms with van der Waals surface area (Å²) in [6.45, 7) is 4.72. The molecule has 0 saturated carbocycles. The summed E-state index contributed by atoms with van der Waals surface area (Å²) < 4.78 is 41.9. The van der Waals surface area contributed by atoms with Gasteiger partial charge in [0.2, 0.25) is 0 Å². The van der Waals surface area contributed by atoms with Crippen molar-refractivity contribution >= 4 is 38.4 Å². The number of hydrogen-bond acceptors (Lipinski definition) is 5. The Bertz CT molecular complexity index is 1780. The number of aromatic nitrogens is 1. The van der Waals surface area contributed by atoms with E-state index in [-0.39, 0.29) is 10.6 Å². The lowest BCUT2D eigenvalue weighted by Crippen LogP contribution is -2.32. The molecule has 0 saturated heterocycles. The van der Waals surface area contributed by atoms with Crippen LogP contribution in [0.4, 0.5) is 0 Å². The fourth-order valence-electron chi connectivity index (χ4n) is 4.59. The van der Waals surface area contributed by atoms with E-state index in [1.807, 2.05) is 73.0 Å². The molecule has 0 aliphatic heterocycles. The Kier molecular flexibility index (Phi) is 8.33. The monoisotopic (exact) mass is 588 g/mol. The van der Waals surface area contributed by atoms with Gasteiger partial charge in [0.25, 0.3) is 15.9 Å². The fraction of sp³-hybridized carbons (Fsp3) is 0.156. The molecular formula is C32H29ClN2O5S. The van der Waals surface area contributed by atoms with Crippen molar-refractivity contribution in [2.75, 3.05) is 6.61 Å². The second kappa shape index (κ2) is 12.1. The third-order valence-corrected chi connectivity index (χ3v) is 8.53. The lowest BCUT2D eigenvalue weighted by atomic mass is 10.1. The average molecular weight is 589 g/mol. The summed E-state index contributed by atoms with van der Waals surface area (Å²) in [5.41, 5.74) is 2.96. The molecule has 1 aromatic heterocycles. The zero-order chi connectivity index (χ0) is 29.0. The van der Waals surface area contributed by atoms with E-state index in [9.17, 15) is 13.2 Å². The van der Waals surface area contributed by atoms with Gasteiger partial charge in [-0.2, -0.15) is 0 Å². The Hall–Kier alpha value is -4.27. The molecule has 0 bridgehead atoms. The van der Waals surface area contributed by atoms with E-state index in [1.54, 1.807) is 30.3 Å². The van der Waals surface area contributed by atoms with Gasteiger partial charge < -0.3 is 14.0 Å². The summed E-state index contributed by atoms with van der Waals surface area (Å²) in [7, 11) is -4.13. The number of carbonyl (C=O) groups excluding carboxylic acids is 1. The summed E-state index contributed by atoms with van der Waals surface area (Å²) in [6, 6.07) is 28.1. The molecule has 5 aromatic rings. The highest BCUT2D eigenvalue weighted by Gasteiger charge is 2.22. The van der Waals surface area contributed by atoms with Gasteiger partial charge in [-0.05, 0) is 92.1 Å². The van der Waals surface area contributed by atoms with E-state index in [1.165, 1.54) is 12.1 Å². The number of para-hydroxylation sites is 2. The van der Waals surface area contributed by atoms with Crippen LogP contribution in [0.2, 0.25) is 5.02 Å². The SMILES string of the molecule is Cc1cc(OCCCn2c(C(=O)NS(=O)(=O)c3ccc(Oc4ccccc4)cc3)cc3ccccc32)cc(C)c1Cl. The van der Waals surface area contributed by atoms with Crippen LogP contribution >= 0.6 is 11.6 Å². The van der Waals surface area contributed by atoms with Crippen LogP contribution in [0.5, 0.6) is 17.2 Å². The quantitative estimate of drug-likeness (QED) is 0.173. The van der Waals surface area contributed by atoms with Crippen LogP contribution in [-0.2, 0) is 16.6 Å². The molecule has 210 valence electrons. The first-order chi connectivity index (χ1) is 19.7. The third-order valence-electron chi connectivity index (χ3n) is 6.59. The van der Waals surface area contributed by atoms with Crippen molar-refractivity contribution in [2.24, 2.45) is 0 Å². The molecule has 0 spiro atoms. The molecule has 1 amide bonds. The van der Waals surface area contributed by atoms with Crippen LogP contribution in [-0.4, -0.2) is 25.5 Å². The summed E-state index contributed by atoms with van der Waals surface area (Å²) in [5, 5.41) is 1.56. The van der Waals surface area contributed by atoms with E-state index in [0.29, 0.717) is 31.1 Å². The second-order valence-electron chi connectivity index (χ2n) is 9.63. The molecular weight excluding hydrogens is 560 g/mol. The maximum Gasteiger partial charge on any atom is 0.281 e. The molecule has 5 rings (SSSR count). The van der Waals surface area contributed by atoms with E-state index >= 15 is 0 Å². The number of carbonyl (C=O) groups is 1. The van der Waals surface area contributed by atoms with Gasteiger partial charge in [-0.25, -0.2) is 13.1 Å². The second-order valence-corrected chi connectivity index (χ2v) is 11.7. The van der Waals surface area contributed by atoms with E-state index < -0.39 is 15.9 Å². The van der Waals surface area contributed by atoms with Crippen LogP contribution in [0.25, 0.3) is 10.9 Å². The Morgan fingerprint density at radius 1 is 0.829 bits per heavy atom. The Morgan fingerprint density at radius 3 is 2.17 bits per heavy atom. The van der Waals surface area contributed by atoms with Crippen LogP contribution in [0.3, 0.4) is 0 Å². The number of ether oxygens (including phenoxy) is 2. The molecule has 0 unspecified atom stereocenters. The first-order valence-corrected chi connectivity index (χ1v) is 15.0. The number of aryl methyl sites for hydroxylation is 3. The smallest absolute Gasteiger partial charge is 0.281 e. The summed E-state index contributed by atoms with van der Waals surface area (Å²) in [5.74, 6) is 1.13. The van der Waals surface area contributed by atoms with E-state index in [0.717, 1.165) is 32.8 Å². The molecule has 1 heterocycles. The summed E-state index contributed by atoms with van der Waals surface area (Å²) >= 11 is 6.26. The standard InChI is InChI=1S/C32H29ClN2O5S/c1-22-19-27(20-23(2)31(22)33)39-18-8-17-35-29-12-7-6-9-24(29)21-30(35)32(36)34-41(37,38)28-15-13-26(14-16-28)40-25-10-4-3-5-11-25/h3-7,9-16,19-21H,8,17-18H2,1-2H3,(H,34,36). The summed E-state index contributed by atoms with van der Waals surface area (Å²) in [4.78, 5) is 13.3. The van der Waals surface area contributed by atoms with Crippen LogP contribution in [0, 0.1) is 13.8 Å². The lowest BCUT2D eigenvalue weighted by Gasteiger charge is -2.13. The molecule has 1 N–H and O–H groups in total. The van der Waals surface area contributed by atoms with Gasteiger partial charge in [-0.15, -0.1) is 0 Å². The Morgan fingerprint density at radius 2 is 1.46 bits per heavy atom. The minimum Gasteiger partial charge on any atom is -0.494 e. The molecule has 41 heavy (non-hydrogen) atoms.